The van der Waals surface area contributed by atoms with E-state index in [2.05, 4.69) is 42.7 Å². The van der Waals surface area contributed by atoms with Crippen LogP contribution in [0.25, 0.3) is 0 Å². The van der Waals surface area contributed by atoms with Crippen molar-refractivity contribution in [3.05, 3.63) is 43.8 Å². The highest BCUT2D eigenvalue weighted by molar-refractivity contribution is 7.13. The van der Waals surface area contributed by atoms with Crippen LogP contribution in [-0.2, 0) is 0 Å². The quantitative estimate of drug-likeness (QED) is 0.857. The Hall–Kier alpha value is -0.640. The molecule has 0 aliphatic carbocycles. The first kappa shape index (κ1) is 10.9. The summed E-state index contributed by atoms with van der Waals surface area (Å²) in [5.74, 6) is 0. The minimum atomic E-state index is 0.365. The molecule has 0 amide bonds. The Bertz CT molecular complexity index is 442. The smallest absolute Gasteiger partial charge is 0.0765 e. The van der Waals surface area contributed by atoms with Gasteiger partial charge in [-0.25, -0.2) is 0 Å². The van der Waals surface area contributed by atoms with Crippen molar-refractivity contribution >= 4 is 22.7 Å². The molecule has 0 saturated heterocycles. The zero-order valence-corrected chi connectivity index (χ0v) is 10.8. The Morgan fingerprint density at radius 2 is 2.00 bits per heavy atom. The monoisotopic (exact) mass is 237 g/mol. The van der Waals surface area contributed by atoms with Gasteiger partial charge in [0, 0.05) is 14.6 Å². The summed E-state index contributed by atoms with van der Waals surface area (Å²) < 4.78 is 0. The van der Waals surface area contributed by atoms with Crippen LogP contribution in [-0.4, -0.2) is 7.05 Å². The molecule has 0 fully saturated rings. The summed E-state index contributed by atoms with van der Waals surface area (Å²) in [4.78, 5) is 4.21. The van der Waals surface area contributed by atoms with Gasteiger partial charge in [-0.2, -0.15) is 0 Å². The van der Waals surface area contributed by atoms with E-state index in [4.69, 9.17) is 0 Å². The summed E-state index contributed by atoms with van der Waals surface area (Å²) in [6.07, 6.45) is 0. The fourth-order valence-electron chi connectivity index (χ4n) is 1.69. The van der Waals surface area contributed by atoms with E-state index < -0.39 is 0 Å². The lowest BCUT2D eigenvalue weighted by Crippen LogP contribution is -2.15. The van der Waals surface area contributed by atoms with Gasteiger partial charge in [-0.1, -0.05) is 0 Å². The van der Waals surface area contributed by atoms with Gasteiger partial charge in [0.1, 0.15) is 0 Å². The number of nitrogens with one attached hydrogen (secondary N) is 1. The van der Waals surface area contributed by atoms with Crippen LogP contribution in [0.2, 0.25) is 0 Å². The van der Waals surface area contributed by atoms with Crippen molar-refractivity contribution in [1.29, 1.82) is 0 Å². The molecule has 1 nitrogen and oxygen atoms in total. The summed E-state index contributed by atoms with van der Waals surface area (Å²) in [5.41, 5.74) is 1.38. The van der Waals surface area contributed by atoms with E-state index in [1.54, 1.807) is 0 Å². The molecule has 2 rings (SSSR count). The maximum Gasteiger partial charge on any atom is 0.0765 e. The van der Waals surface area contributed by atoms with Crippen LogP contribution in [0.15, 0.2) is 23.6 Å². The first-order chi connectivity index (χ1) is 7.22. The third-order valence-corrected chi connectivity index (χ3v) is 4.65. The van der Waals surface area contributed by atoms with Crippen LogP contribution >= 0.6 is 22.7 Å². The van der Waals surface area contributed by atoms with Gasteiger partial charge in [0.05, 0.1) is 6.04 Å². The van der Waals surface area contributed by atoms with Crippen molar-refractivity contribution in [3.63, 3.8) is 0 Å². The first-order valence-electron chi connectivity index (χ1n) is 5.00. The Morgan fingerprint density at radius 1 is 1.20 bits per heavy atom. The van der Waals surface area contributed by atoms with Crippen LogP contribution in [0.5, 0.6) is 0 Å². The highest BCUT2D eigenvalue weighted by Crippen LogP contribution is 2.32. The second-order valence-corrected chi connectivity index (χ2v) is 5.91. The highest BCUT2D eigenvalue weighted by atomic mass is 32.1. The van der Waals surface area contributed by atoms with Crippen molar-refractivity contribution in [3.8, 4) is 0 Å². The maximum atomic E-state index is 3.40. The topological polar surface area (TPSA) is 12.0 Å². The van der Waals surface area contributed by atoms with Gasteiger partial charge in [-0.3, -0.25) is 0 Å². The normalized spacial score (nSPS) is 13.0. The average Bonchev–Trinajstić information content (AvgIpc) is 2.79. The van der Waals surface area contributed by atoms with Crippen molar-refractivity contribution in [2.75, 3.05) is 7.05 Å². The summed E-state index contributed by atoms with van der Waals surface area (Å²) in [5, 5.41) is 5.56. The fraction of sp³-hybridized carbons (Fsp3) is 0.333. The number of aryl methyl sites for hydroxylation is 2. The lowest BCUT2D eigenvalue weighted by molar-refractivity contribution is 0.712. The van der Waals surface area contributed by atoms with Crippen LogP contribution in [0, 0.1) is 13.8 Å². The number of hydrogen-bond acceptors (Lipinski definition) is 3. The highest BCUT2D eigenvalue weighted by Gasteiger charge is 2.16. The van der Waals surface area contributed by atoms with Crippen LogP contribution in [0.3, 0.4) is 0 Å². The van der Waals surface area contributed by atoms with E-state index in [-0.39, 0.29) is 0 Å². The molecule has 0 saturated carbocycles. The molecule has 2 heterocycles. The summed E-state index contributed by atoms with van der Waals surface area (Å²) in [6, 6.07) is 6.96. The first-order valence-corrected chi connectivity index (χ1v) is 6.69. The van der Waals surface area contributed by atoms with Gasteiger partial charge in [0.25, 0.3) is 0 Å². The molecule has 1 atom stereocenters. The van der Waals surface area contributed by atoms with E-state index >= 15 is 0 Å². The van der Waals surface area contributed by atoms with E-state index in [1.807, 2.05) is 29.7 Å². The molecule has 2 aromatic heterocycles. The third kappa shape index (κ3) is 2.14. The van der Waals surface area contributed by atoms with Gasteiger partial charge in [-0.15, -0.1) is 22.7 Å². The van der Waals surface area contributed by atoms with Gasteiger partial charge >= 0.3 is 0 Å². The Labute approximate surface area is 98.8 Å². The summed E-state index contributed by atoms with van der Waals surface area (Å²) in [7, 11) is 2.03. The molecule has 80 valence electrons. The SMILES string of the molecule is CNC(c1ccc(C)s1)c1sccc1C. The van der Waals surface area contributed by atoms with Crippen LogP contribution in [0.4, 0.5) is 0 Å². The molecule has 0 radical (unpaired) electrons. The Kier molecular flexibility index (Phi) is 3.24. The second-order valence-electron chi connectivity index (χ2n) is 3.64. The second kappa shape index (κ2) is 4.47. The Morgan fingerprint density at radius 3 is 2.47 bits per heavy atom. The molecular weight excluding hydrogens is 222 g/mol. The van der Waals surface area contributed by atoms with Gasteiger partial charge in [0.15, 0.2) is 0 Å². The molecule has 1 N–H and O–H groups in total. The summed E-state index contributed by atoms with van der Waals surface area (Å²) >= 11 is 3.70. The average molecular weight is 237 g/mol. The molecule has 0 aliphatic rings. The lowest BCUT2D eigenvalue weighted by atomic mass is 10.1. The van der Waals surface area contributed by atoms with Crippen molar-refractivity contribution in [2.24, 2.45) is 0 Å². The predicted octanol–water partition coefficient (Wildman–Crippen LogP) is 3.74. The number of rotatable bonds is 3. The largest absolute Gasteiger partial charge is 0.308 e. The minimum Gasteiger partial charge on any atom is -0.308 e. The van der Waals surface area contributed by atoms with E-state index in [0.29, 0.717) is 6.04 Å². The fourth-order valence-corrected chi connectivity index (χ4v) is 3.82. The Balaban J connectivity index is 2.36. The number of thiophene rings is 2. The number of hydrogen-bond donors (Lipinski definition) is 1. The zero-order valence-electron chi connectivity index (χ0n) is 9.20. The molecule has 2 aromatic rings. The lowest BCUT2D eigenvalue weighted by Gasteiger charge is -2.13. The molecule has 0 spiro atoms. The molecule has 1 unspecified atom stereocenters. The summed E-state index contributed by atoms with van der Waals surface area (Å²) in [6.45, 7) is 4.33. The third-order valence-electron chi connectivity index (χ3n) is 2.50. The maximum absolute atomic E-state index is 3.40. The molecule has 3 heteroatoms. The van der Waals surface area contributed by atoms with Gasteiger partial charge in [-0.05, 0) is 50.0 Å². The standard InChI is InChI=1S/C12H15NS2/c1-8-6-7-14-12(8)11(13-3)10-5-4-9(2)15-10/h4-7,11,13H,1-3H3. The van der Waals surface area contributed by atoms with Crippen LogP contribution < -0.4 is 5.32 Å². The van der Waals surface area contributed by atoms with E-state index in [0.717, 1.165) is 0 Å². The predicted molar refractivity (Wildman–Crippen MR) is 69.0 cm³/mol. The van der Waals surface area contributed by atoms with Crippen molar-refractivity contribution in [1.82, 2.24) is 5.32 Å². The molecule has 0 bridgehead atoms. The molecule has 0 aliphatic heterocycles. The molecular formula is C12H15NS2. The molecule has 0 aromatic carbocycles. The van der Waals surface area contributed by atoms with Crippen molar-refractivity contribution in [2.45, 2.75) is 19.9 Å². The molecule has 15 heavy (non-hydrogen) atoms. The van der Waals surface area contributed by atoms with Gasteiger partial charge < -0.3 is 5.32 Å². The zero-order chi connectivity index (χ0) is 10.8. The van der Waals surface area contributed by atoms with E-state index in [9.17, 15) is 0 Å². The van der Waals surface area contributed by atoms with Gasteiger partial charge in [0.2, 0.25) is 0 Å². The van der Waals surface area contributed by atoms with E-state index in [1.165, 1.54) is 20.2 Å². The minimum absolute atomic E-state index is 0.365. The van der Waals surface area contributed by atoms with Crippen LogP contribution in [0.1, 0.15) is 26.2 Å². The van der Waals surface area contributed by atoms with Crippen molar-refractivity contribution < 1.29 is 0 Å².